The van der Waals surface area contributed by atoms with Crippen molar-refractivity contribution in [2.75, 3.05) is 6.61 Å². The Morgan fingerprint density at radius 2 is 2.00 bits per heavy atom. The third-order valence-corrected chi connectivity index (χ3v) is 9.33. The fraction of sp³-hybridized carbons (Fsp3) is 0.750. The molecule has 0 heterocycles. The van der Waals surface area contributed by atoms with E-state index in [-0.39, 0.29) is 18.5 Å². The van der Waals surface area contributed by atoms with E-state index in [1.165, 1.54) is 25.7 Å². The number of carbonyl (C=O) groups excluding carboxylic acids is 1. The minimum Gasteiger partial charge on any atom is -0.393 e. The van der Waals surface area contributed by atoms with Crippen LogP contribution in [-0.2, 0) is 9.53 Å². The number of carbonyl (C=O) groups is 1. The van der Waals surface area contributed by atoms with E-state index in [9.17, 15) is 15.0 Å². The van der Waals surface area contributed by atoms with Crippen molar-refractivity contribution in [3.05, 3.63) is 35.5 Å². The van der Waals surface area contributed by atoms with Gasteiger partial charge in [0, 0.05) is 6.42 Å². The van der Waals surface area contributed by atoms with Gasteiger partial charge in [-0.2, -0.15) is 0 Å². The normalized spacial score (nSPS) is 43.2. The minimum absolute atomic E-state index is 0.116. The highest BCUT2D eigenvalue weighted by molar-refractivity contribution is 5.76. The summed E-state index contributed by atoms with van der Waals surface area (Å²) in [6, 6.07) is 0. The Balaban J connectivity index is 1.42. The van der Waals surface area contributed by atoms with Crippen molar-refractivity contribution in [3.63, 3.8) is 0 Å². The minimum atomic E-state index is -0.623. The average Bonchev–Trinajstić information content (AvgIpc) is 3.05. The Morgan fingerprint density at radius 1 is 1.25 bits per heavy atom. The number of ether oxygens (including phenoxy) is 1. The van der Waals surface area contributed by atoms with Gasteiger partial charge in [0.2, 0.25) is 0 Å². The first-order valence-corrected chi connectivity index (χ1v) is 12.7. The fourth-order valence-electron chi connectivity index (χ4n) is 7.34. The number of aliphatic hydroxyl groups is 2. The summed E-state index contributed by atoms with van der Waals surface area (Å²) in [5.41, 5.74) is 3.69. The Labute approximate surface area is 193 Å². The second kappa shape index (κ2) is 9.56. The van der Waals surface area contributed by atoms with Crippen LogP contribution in [-0.4, -0.2) is 40.9 Å². The molecule has 0 aromatic rings. The summed E-state index contributed by atoms with van der Waals surface area (Å²) in [5, 5.41) is 20.2. The number of hydrogen-bond donors (Lipinski definition) is 2. The Kier molecular flexibility index (Phi) is 7.14. The molecule has 1 unspecified atom stereocenters. The van der Waals surface area contributed by atoms with E-state index >= 15 is 0 Å². The van der Waals surface area contributed by atoms with Gasteiger partial charge in [-0.25, -0.2) is 0 Å². The van der Waals surface area contributed by atoms with Crippen LogP contribution in [0.4, 0.5) is 0 Å². The van der Waals surface area contributed by atoms with E-state index in [0.717, 1.165) is 42.2 Å². The van der Waals surface area contributed by atoms with Gasteiger partial charge in [0.1, 0.15) is 6.61 Å². The summed E-state index contributed by atoms with van der Waals surface area (Å²) in [5.74, 6) is 2.92. The second-order valence-electron chi connectivity index (χ2n) is 11.4. The number of allylic oxidation sites excluding steroid dienone is 3. The van der Waals surface area contributed by atoms with Gasteiger partial charge in [-0.15, -0.1) is 0 Å². The molecule has 0 aromatic carbocycles. The van der Waals surface area contributed by atoms with Crippen LogP contribution in [0.15, 0.2) is 35.5 Å². The highest BCUT2D eigenvalue weighted by atomic mass is 16.5. The summed E-state index contributed by atoms with van der Waals surface area (Å²) in [4.78, 5) is 11.2. The fourth-order valence-corrected chi connectivity index (χ4v) is 7.34. The third kappa shape index (κ3) is 4.69. The summed E-state index contributed by atoms with van der Waals surface area (Å²) < 4.78 is 5.74. The number of aliphatic hydroxyl groups excluding tert-OH is 2. The highest BCUT2D eigenvalue weighted by Gasteiger charge is 2.52. The van der Waals surface area contributed by atoms with Crippen molar-refractivity contribution in [3.8, 4) is 0 Å². The quantitative estimate of drug-likeness (QED) is 0.597. The predicted octanol–water partition coefficient (Wildman–Crippen LogP) is 5.15. The van der Waals surface area contributed by atoms with Crippen LogP contribution in [0.3, 0.4) is 0 Å². The van der Waals surface area contributed by atoms with Crippen molar-refractivity contribution in [2.24, 2.45) is 29.1 Å². The summed E-state index contributed by atoms with van der Waals surface area (Å²) >= 11 is 0. The Hall–Kier alpha value is -1.23. The van der Waals surface area contributed by atoms with Crippen LogP contribution in [0, 0.1) is 29.1 Å². The Bertz CT molecular complexity index is 789. The molecule has 4 fully saturated rings. The highest BCUT2D eigenvalue weighted by Crippen LogP contribution is 2.61. The van der Waals surface area contributed by atoms with E-state index in [1.807, 2.05) is 0 Å². The molecule has 0 aliphatic heterocycles. The monoisotopic (exact) mass is 442 g/mol. The molecule has 6 atom stereocenters. The van der Waals surface area contributed by atoms with Crippen molar-refractivity contribution < 1.29 is 19.7 Å². The lowest BCUT2D eigenvalue weighted by molar-refractivity contribution is -0.128. The van der Waals surface area contributed by atoms with Gasteiger partial charge in [-0.05, 0) is 98.5 Å². The number of fused-ring (bicyclic) bond motifs is 1. The number of Topliss-reactive ketones (excluding diaryl/α,β-unsaturated/α-hetero) is 1. The first kappa shape index (κ1) is 23.9. The molecule has 4 aliphatic carbocycles. The lowest BCUT2D eigenvalue weighted by Gasteiger charge is -2.48. The molecule has 2 N–H and O–H groups in total. The molecule has 0 spiro atoms. The first-order valence-electron chi connectivity index (χ1n) is 12.7. The maximum absolute atomic E-state index is 11.2. The molecule has 0 radical (unpaired) electrons. The zero-order chi connectivity index (χ0) is 23.0. The standard InChI is InChI=1S/C28H42O4/c1-17(29)16-32-24-13-22(14-24)18(2)25-9-10-26-20(6-5-11-28(25,26)4)7-8-21-12-23(30)15-27(31)19(21)3/h7-8,18,22-27,30-31H,3,5-6,9-16H2,1-2,4H3/b20-7+,21-8-/t18-,22?,23-,24?,25?,26+,27+,28-/m1/s1. The zero-order valence-electron chi connectivity index (χ0n) is 20.2. The van der Waals surface area contributed by atoms with Gasteiger partial charge in [0.25, 0.3) is 0 Å². The summed E-state index contributed by atoms with van der Waals surface area (Å²) in [6.07, 6.45) is 13.1. The molecule has 0 saturated heterocycles. The molecule has 32 heavy (non-hydrogen) atoms. The maximum Gasteiger partial charge on any atom is 0.155 e. The smallest absolute Gasteiger partial charge is 0.155 e. The number of ketones is 1. The van der Waals surface area contributed by atoms with Crippen molar-refractivity contribution in [1.82, 2.24) is 0 Å². The third-order valence-electron chi connectivity index (χ3n) is 9.33. The van der Waals surface area contributed by atoms with Gasteiger partial charge in [0.05, 0.1) is 18.3 Å². The molecule has 178 valence electrons. The zero-order valence-corrected chi connectivity index (χ0v) is 20.2. The molecule has 4 nitrogen and oxygen atoms in total. The summed E-state index contributed by atoms with van der Waals surface area (Å²) in [6.45, 7) is 10.9. The van der Waals surface area contributed by atoms with Crippen LogP contribution in [0.2, 0.25) is 0 Å². The van der Waals surface area contributed by atoms with Crippen LogP contribution in [0.5, 0.6) is 0 Å². The Morgan fingerprint density at radius 3 is 2.72 bits per heavy atom. The van der Waals surface area contributed by atoms with Crippen LogP contribution in [0.1, 0.15) is 78.6 Å². The van der Waals surface area contributed by atoms with Gasteiger partial charge in [-0.1, -0.05) is 38.2 Å². The lowest BCUT2D eigenvalue weighted by atomic mass is 9.57. The molecule has 4 aliphatic rings. The van der Waals surface area contributed by atoms with E-state index in [2.05, 4.69) is 32.6 Å². The molecule has 4 heteroatoms. The van der Waals surface area contributed by atoms with Crippen LogP contribution < -0.4 is 0 Å². The molecule has 0 aromatic heterocycles. The molecule has 0 bridgehead atoms. The molecular formula is C28H42O4. The maximum atomic E-state index is 11.2. The van der Waals surface area contributed by atoms with Crippen LogP contribution >= 0.6 is 0 Å². The number of hydrogen-bond acceptors (Lipinski definition) is 4. The van der Waals surface area contributed by atoms with Crippen LogP contribution in [0.25, 0.3) is 0 Å². The number of rotatable bonds is 6. The average molecular weight is 443 g/mol. The van der Waals surface area contributed by atoms with Crippen molar-refractivity contribution in [1.29, 1.82) is 0 Å². The molecule has 0 amide bonds. The first-order chi connectivity index (χ1) is 15.2. The summed E-state index contributed by atoms with van der Waals surface area (Å²) in [7, 11) is 0. The predicted molar refractivity (Wildman–Crippen MR) is 127 cm³/mol. The van der Waals surface area contributed by atoms with Crippen molar-refractivity contribution >= 4 is 5.78 Å². The molecule has 4 rings (SSSR count). The van der Waals surface area contributed by atoms with E-state index < -0.39 is 12.2 Å². The van der Waals surface area contributed by atoms with Crippen molar-refractivity contribution in [2.45, 2.75) is 96.9 Å². The van der Waals surface area contributed by atoms with E-state index in [0.29, 0.717) is 30.1 Å². The lowest BCUT2D eigenvalue weighted by Crippen LogP contribution is -2.43. The SMILES string of the molecule is C=C1/C(=C\C=C2/CCC[C@]3(C)C([C@H](C)C4CC(OCC(C)=O)C4)CC[C@@H]23)C[C@@H](O)C[C@@H]1O. The largest absolute Gasteiger partial charge is 0.393 e. The molecule has 4 saturated carbocycles. The van der Waals surface area contributed by atoms with E-state index in [1.54, 1.807) is 12.5 Å². The van der Waals surface area contributed by atoms with Gasteiger partial charge < -0.3 is 14.9 Å². The molecular weight excluding hydrogens is 400 g/mol. The topological polar surface area (TPSA) is 66.8 Å². The van der Waals surface area contributed by atoms with Gasteiger partial charge in [-0.3, -0.25) is 4.79 Å². The second-order valence-corrected chi connectivity index (χ2v) is 11.4. The van der Waals surface area contributed by atoms with E-state index in [4.69, 9.17) is 4.74 Å². The van der Waals surface area contributed by atoms with Gasteiger partial charge in [0.15, 0.2) is 5.78 Å². The van der Waals surface area contributed by atoms with Gasteiger partial charge >= 0.3 is 0 Å².